The van der Waals surface area contributed by atoms with E-state index in [2.05, 4.69) is 4.98 Å². The van der Waals surface area contributed by atoms with Crippen molar-refractivity contribution in [2.45, 2.75) is 30.6 Å². The molecule has 0 radical (unpaired) electrons. The van der Waals surface area contributed by atoms with Crippen LogP contribution < -0.4 is 0 Å². The molecule has 2 unspecified atom stereocenters. The molecule has 0 aliphatic carbocycles. The first kappa shape index (κ1) is 13.5. The number of pyridine rings is 1. The van der Waals surface area contributed by atoms with Gasteiger partial charge in [0.1, 0.15) is 0 Å². The van der Waals surface area contributed by atoms with Crippen molar-refractivity contribution >= 4 is 20.7 Å². The zero-order valence-corrected chi connectivity index (χ0v) is 11.9. The van der Waals surface area contributed by atoms with E-state index in [-0.39, 0.29) is 5.75 Å². The van der Waals surface area contributed by atoms with Gasteiger partial charge in [-0.3, -0.25) is 4.98 Å². The van der Waals surface area contributed by atoms with Gasteiger partial charge in [-0.2, -0.15) is 0 Å². The van der Waals surface area contributed by atoms with E-state index in [0.717, 1.165) is 17.3 Å². The molecule has 0 spiro atoms. The van der Waals surface area contributed by atoms with Gasteiger partial charge in [-0.15, -0.1) is 0 Å². The number of hydrogen-bond donors (Lipinski definition) is 1. The summed E-state index contributed by atoms with van der Waals surface area (Å²) in [5.41, 5.74) is 1.41. The smallest absolute Gasteiger partial charge is 0.156 e. The molecule has 4 nitrogen and oxygen atoms in total. The molecule has 1 aliphatic heterocycles. The first-order chi connectivity index (χ1) is 9.58. The summed E-state index contributed by atoms with van der Waals surface area (Å²) >= 11 is 0. The molecule has 5 heteroatoms. The minimum atomic E-state index is -3.19. The maximum Gasteiger partial charge on any atom is 0.156 e. The lowest BCUT2D eigenvalue weighted by Gasteiger charge is -2.27. The van der Waals surface area contributed by atoms with Crippen molar-refractivity contribution in [1.82, 2.24) is 4.98 Å². The molecule has 2 aromatic rings. The number of aromatic nitrogens is 1. The summed E-state index contributed by atoms with van der Waals surface area (Å²) in [5.74, 6) is 0.181. The van der Waals surface area contributed by atoms with Crippen molar-refractivity contribution in [2.24, 2.45) is 0 Å². The van der Waals surface area contributed by atoms with Gasteiger partial charge in [0.15, 0.2) is 9.84 Å². The average Bonchev–Trinajstić information content (AvgIpc) is 2.45. The first-order valence-electron chi connectivity index (χ1n) is 6.82. The second-order valence-electron chi connectivity index (χ2n) is 5.30. The van der Waals surface area contributed by atoms with Gasteiger partial charge in [-0.1, -0.05) is 24.6 Å². The minimum Gasteiger partial charge on any atom is -0.387 e. The molecule has 2 atom stereocenters. The van der Waals surface area contributed by atoms with Crippen molar-refractivity contribution in [1.29, 1.82) is 0 Å². The van der Waals surface area contributed by atoms with E-state index in [4.69, 9.17) is 0 Å². The van der Waals surface area contributed by atoms with E-state index >= 15 is 0 Å². The summed E-state index contributed by atoms with van der Waals surface area (Å²) < 4.78 is 24.2. The molecule has 20 heavy (non-hydrogen) atoms. The summed E-state index contributed by atoms with van der Waals surface area (Å²) in [5, 5.41) is 10.7. The van der Waals surface area contributed by atoms with Gasteiger partial charge < -0.3 is 5.11 Å². The third-order valence-corrected chi connectivity index (χ3v) is 6.23. The van der Waals surface area contributed by atoms with Crippen LogP contribution in [0.4, 0.5) is 0 Å². The van der Waals surface area contributed by atoms with Gasteiger partial charge in [-0.05, 0) is 30.5 Å². The van der Waals surface area contributed by atoms with E-state index in [0.29, 0.717) is 18.4 Å². The third kappa shape index (κ3) is 2.43. The summed E-state index contributed by atoms with van der Waals surface area (Å²) in [6.45, 7) is 0. The molecule has 1 aliphatic rings. The highest BCUT2D eigenvalue weighted by atomic mass is 32.2. The predicted molar refractivity (Wildman–Crippen MR) is 78.1 cm³/mol. The number of aliphatic hydroxyl groups excluding tert-OH is 1. The molecule has 1 aromatic carbocycles. The zero-order chi connectivity index (χ0) is 14.2. The van der Waals surface area contributed by atoms with Gasteiger partial charge in [0, 0.05) is 11.6 Å². The quantitative estimate of drug-likeness (QED) is 0.921. The van der Waals surface area contributed by atoms with Gasteiger partial charge in [0.05, 0.1) is 22.6 Å². The molecule has 0 bridgehead atoms. The SMILES string of the molecule is O=S1(=O)CCCCC1C(O)c1ccc2cccnc2c1. The molecule has 1 aromatic heterocycles. The van der Waals surface area contributed by atoms with Crippen molar-refractivity contribution < 1.29 is 13.5 Å². The molecule has 1 fully saturated rings. The number of rotatable bonds is 2. The summed E-state index contributed by atoms with van der Waals surface area (Å²) in [7, 11) is -3.19. The van der Waals surface area contributed by atoms with E-state index in [1.54, 1.807) is 18.3 Å². The Morgan fingerprint density at radius 3 is 2.90 bits per heavy atom. The van der Waals surface area contributed by atoms with E-state index in [1.165, 1.54) is 0 Å². The number of hydrogen-bond acceptors (Lipinski definition) is 4. The monoisotopic (exact) mass is 291 g/mol. The second kappa shape index (κ2) is 5.14. The van der Waals surface area contributed by atoms with Crippen LogP contribution in [0.15, 0.2) is 36.5 Å². The molecule has 3 rings (SSSR count). The van der Waals surface area contributed by atoms with E-state index in [1.807, 2.05) is 18.2 Å². The fourth-order valence-corrected chi connectivity index (χ4v) is 4.80. The van der Waals surface area contributed by atoms with Crippen LogP contribution in [0.25, 0.3) is 10.9 Å². The van der Waals surface area contributed by atoms with Gasteiger partial charge in [0.2, 0.25) is 0 Å². The highest BCUT2D eigenvalue weighted by molar-refractivity contribution is 7.92. The lowest BCUT2D eigenvalue weighted by Crippen LogP contribution is -2.33. The lowest BCUT2D eigenvalue weighted by atomic mass is 10.0. The number of fused-ring (bicyclic) bond motifs is 1. The average molecular weight is 291 g/mol. The van der Waals surface area contributed by atoms with Crippen molar-refractivity contribution in [3.05, 3.63) is 42.1 Å². The zero-order valence-electron chi connectivity index (χ0n) is 11.1. The van der Waals surface area contributed by atoms with Crippen LogP contribution in [0, 0.1) is 0 Å². The number of benzene rings is 1. The Morgan fingerprint density at radius 1 is 1.25 bits per heavy atom. The van der Waals surface area contributed by atoms with Crippen molar-refractivity contribution in [3.8, 4) is 0 Å². The molecular formula is C15H17NO3S. The minimum absolute atomic E-state index is 0.181. The Kier molecular flexibility index (Phi) is 3.48. The Balaban J connectivity index is 1.97. The maximum absolute atomic E-state index is 12.1. The third-order valence-electron chi connectivity index (χ3n) is 3.95. The Labute approximate surface area is 118 Å². The molecule has 0 saturated carbocycles. The van der Waals surface area contributed by atoms with Crippen molar-refractivity contribution in [3.63, 3.8) is 0 Å². The first-order valence-corrected chi connectivity index (χ1v) is 8.54. The molecule has 1 saturated heterocycles. The Hall–Kier alpha value is -1.46. The number of sulfone groups is 1. The fraction of sp³-hybridized carbons (Fsp3) is 0.400. The lowest BCUT2D eigenvalue weighted by molar-refractivity contribution is 0.164. The van der Waals surface area contributed by atoms with Gasteiger partial charge >= 0.3 is 0 Å². The van der Waals surface area contributed by atoms with E-state index in [9.17, 15) is 13.5 Å². The second-order valence-corrected chi connectivity index (χ2v) is 7.64. The Bertz CT molecular complexity index is 727. The van der Waals surface area contributed by atoms with Gasteiger partial charge in [-0.25, -0.2) is 8.42 Å². The Morgan fingerprint density at radius 2 is 2.10 bits per heavy atom. The molecule has 106 valence electrons. The van der Waals surface area contributed by atoms with Crippen LogP contribution in [0.5, 0.6) is 0 Å². The standard InChI is InChI=1S/C15H17NO3S/c17-15(14-5-1-2-9-20(14,18)19)12-7-6-11-4-3-8-16-13(11)10-12/h3-4,6-8,10,14-15,17H,1-2,5,9H2. The predicted octanol–water partition coefficient (Wildman–Crippen LogP) is 2.24. The molecule has 1 N–H and O–H groups in total. The van der Waals surface area contributed by atoms with Crippen LogP contribution in [-0.2, 0) is 9.84 Å². The van der Waals surface area contributed by atoms with Crippen LogP contribution >= 0.6 is 0 Å². The fourth-order valence-electron chi connectivity index (χ4n) is 2.82. The highest BCUT2D eigenvalue weighted by Gasteiger charge is 2.35. The van der Waals surface area contributed by atoms with Gasteiger partial charge in [0.25, 0.3) is 0 Å². The molecule has 0 amide bonds. The van der Waals surface area contributed by atoms with Crippen LogP contribution in [-0.4, -0.2) is 29.5 Å². The topological polar surface area (TPSA) is 67.3 Å². The molecule has 2 heterocycles. The maximum atomic E-state index is 12.1. The normalized spacial score (nSPS) is 23.6. The number of nitrogens with zero attached hydrogens (tertiary/aromatic N) is 1. The van der Waals surface area contributed by atoms with Crippen molar-refractivity contribution in [2.75, 3.05) is 5.75 Å². The summed E-state index contributed by atoms with van der Waals surface area (Å²) in [4.78, 5) is 4.25. The molecular weight excluding hydrogens is 274 g/mol. The largest absolute Gasteiger partial charge is 0.387 e. The van der Waals surface area contributed by atoms with Crippen LogP contribution in [0.1, 0.15) is 30.9 Å². The number of aliphatic hydroxyl groups is 1. The van der Waals surface area contributed by atoms with E-state index < -0.39 is 21.2 Å². The highest BCUT2D eigenvalue weighted by Crippen LogP contribution is 2.31. The van der Waals surface area contributed by atoms with Crippen LogP contribution in [0.2, 0.25) is 0 Å². The summed E-state index contributed by atoms with van der Waals surface area (Å²) in [6, 6.07) is 9.24. The van der Waals surface area contributed by atoms with Crippen LogP contribution in [0.3, 0.4) is 0 Å². The summed E-state index contributed by atoms with van der Waals surface area (Å²) in [6.07, 6.45) is 2.81.